The highest BCUT2D eigenvalue weighted by molar-refractivity contribution is 5.95. The second kappa shape index (κ2) is 8.72. The van der Waals surface area contributed by atoms with Crippen LogP contribution < -0.4 is 5.32 Å². The van der Waals surface area contributed by atoms with E-state index in [0.717, 1.165) is 12.3 Å². The number of nitrogens with zero attached hydrogens (tertiary/aromatic N) is 4. The van der Waals surface area contributed by atoms with E-state index in [1.165, 1.54) is 16.9 Å². The maximum absolute atomic E-state index is 12.7. The van der Waals surface area contributed by atoms with Crippen molar-refractivity contribution in [2.45, 2.75) is 38.9 Å². The number of alkyl halides is 3. The van der Waals surface area contributed by atoms with Gasteiger partial charge in [-0.2, -0.15) is 18.3 Å². The third-order valence-electron chi connectivity index (χ3n) is 4.90. The molecule has 3 rings (SSSR count). The molecule has 1 fully saturated rings. The fourth-order valence-electron chi connectivity index (χ4n) is 3.23. The lowest BCUT2D eigenvalue weighted by Gasteiger charge is -2.31. The van der Waals surface area contributed by atoms with Crippen LogP contribution in [0, 0.1) is 6.92 Å². The minimum Gasteiger partial charge on any atom is -0.450 e. The number of aromatic nitrogens is 3. The maximum atomic E-state index is 12.7. The minimum atomic E-state index is -4.47. The normalized spacial score (nSPS) is 15.2. The number of halogens is 3. The molecule has 2 aromatic rings. The Hall–Kier alpha value is -3.11. The highest BCUT2D eigenvalue weighted by atomic mass is 19.4. The zero-order valence-corrected chi connectivity index (χ0v) is 16.6. The lowest BCUT2D eigenvalue weighted by Crippen LogP contribution is -2.46. The molecule has 0 aromatic carbocycles. The number of hydrogen-bond acceptors (Lipinski definition) is 5. The predicted octanol–water partition coefficient (Wildman–Crippen LogP) is 2.95. The van der Waals surface area contributed by atoms with Crippen LogP contribution in [0.3, 0.4) is 0 Å². The first-order valence-electron chi connectivity index (χ1n) is 9.51. The standard InChI is InChI=1S/C19H22F3N5O3/c1-3-30-18(29)26-8-6-14(7-9-26)25-17(28)15-11-24-27(12(15)2)16-5-4-13(10-23-16)19(20,21)22/h4-5,10-11,14H,3,6-9H2,1-2H3,(H,25,28). The van der Waals surface area contributed by atoms with E-state index in [-0.39, 0.29) is 23.9 Å². The lowest BCUT2D eigenvalue weighted by atomic mass is 10.0. The summed E-state index contributed by atoms with van der Waals surface area (Å²) >= 11 is 0. The molecular formula is C19H22F3N5O3. The molecular weight excluding hydrogens is 403 g/mol. The van der Waals surface area contributed by atoms with Gasteiger partial charge < -0.3 is 15.0 Å². The number of pyridine rings is 1. The van der Waals surface area contributed by atoms with E-state index >= 15 is 0 Å². The van der Waals surface area contributed by atoms with Crippen LogP contribution in [0.25, 0.3) is 5.82 Å². The Labute approximate surface area is 171 Å². The summed E-state index contributed by atoms with van der Waals surface area (Å²) in [5, 5.41) is 7.01. The van der Waals surface area contributed by atoms with Crippen molar-refractivity contribution in [1.82, 2.24) is 25.0 Å². The maximum Gasteiger partial charge on any atom is 0.417 e. The van der Waals surface area contributed by atoms with Gasteiger partial charge in [0.2, 0.25) is 0 Å². The van der Waals surface area contributed by atoms with Crippen LogP contribution in [-0.4, -0.2) is 57.4 Å². The van der Waals surface area contributed by atoms with Gasteiger partial charge in [0.25, 0.3) is 5.91 Å². The first-order valence-corrected chi connectivity index (χ1v) is 9.51. The summed E-state index contributed by atoms with van der Waals surface area (Å²) < 4.78 is 44.4. The van der Waals surface area contributed by atoms with Gasteiger partial charge in [-0.25, -0.2) is 14.5 Å². The third kappa shape index (κ3) is 4.71. The van der Waals surface area contributed by atoms with Gasteiger partial charge >= 0.3 is 12.3 Å². The molecule has 162 valence electrons. The van der Waals surface area contributed by atoms with Crippen LogP contribution in [0.1, 0.15) is 41.4 Å². The molecule has 0 spiro atoms. The Morgan fingerprint density at radius 1 is 1.23 bits per heavy atom. The van der Waals surface area contributed by atoms with Crippen LogP contribution >= 0.6 is 0 Å². The van der Waals surface area contributed by atoms with E-state index in [2.05, 4.69) is 15.4 Å². The molecule has 30 heavy (non-hydrogen) atoms. The summed E-state index contributed by atoms with van der Waals surface area (Å²) in [5.74, 6) is -0.150. The van der Waals surface area contributed by atoms with E-state index < -0.39 is 11.7 Å². The average molecular weight is 425 g/mol. The highest BCUT2D eigenvalue weighted by Gasteiger charge is 2.31. The zero-order valence-electron chi connectivity index (χ0n) is 16.6. The van der Waals surface area contributed by atoms with E-state index in [9.17, 15) is 22.8 Å². The fraction of sp³-hybridized carbons (Fsp3) is 0.474. The molecule has 8 nitrogen and oxygen atoms in total. The second-order valence-electron chi connectivity index (χ2n) is 6.89. The highest BCUT2D eigenvalue weighted by Crippen LogP contribution is 2.28. The molecule has 11 heteroatoms. The Morgan fingerprint density at radius 3 is 2.50 bits per heavy atom. The van der Waals surface area contributed by atoms with Gasteiger partial charge in [0.1, 0.15) is 0 Å². The molecule has 2 aromatic heterocycles. The molecule has 0 aliphatic carbocycles. The van der Waals surface area contributed by atoms with E-state index in [1.807, 2.05) is 0 Å². The van der Waals surface area contributed by atoms with Gasteiger partial charge in [-0.05, 0) is 38.8 Å². The Bertz CT molecular complexity index is 903. The first kappa shape index (κ1) is 21.6. The predicted molar refractivity (Wildman–Crippen MR) is 100 cm³/mol. The number of hydrogen-bond donors (Lipinski definition) is 1. The minimum absolute atomic E-state index is 0.102. The summed E-state index contributed by atoms with van der Waals surface area (Å²) in [5.41, 5.74) is -0.0866. The SMILES string of the molecule is CCOC(=O)N1CCC(NC(=O)c2cnn(-c3ccc(C(F)(F)F)cn3)c2C)CC1. The van der Waals surface area contributed by atoms with Crippen LogP contribution in [0.15, 0.2) is 24.5 Å². The summed E-state index contributed by atoms with van der Waals surface area (Å²) in [6, 6.07) is 2.02. The van der Waals surface area contributed by atoms with Gasteiger partial charge in [-0.15, -0.1) is 0 Å². The molecule has 0 bridgehead atoms. The molecule has 0 saturated carbocycles. The average Bonchev–Trinajstić information content (AvgIpc) is 3.09. The summed E-state index contributed by atoms with van der Waals surface area (Å²) in [7, 11) is 0. The molecule has 0 unspecified atom stereocenters. The second-order valence-corrected chi connectivity index (χ2v) is 6.89. The molecule has 0 atom stereocenters. The number of likely N-dealkylation sites (tertiary alicyclic amines) is 1. The molecule has 0 radical (unpaired) electrons. The summed E-state index contributed by atoms with van der Waals surface area (Å²) in [6.45, 7) is 4.67. The fourth-order valence-corrected chi connectivity index (χ4v) is 3.23. The van der Waals surface area contributed by atoms with Crippen molar-refractivity contribution in [2.75, 3.05) is 19.7 Å². The molecule has 1 saturated heterocycles. The first-order chi connectivity index (χ1) is 14.2. The Kier molecular flexibility index (Phi) is 6.28. The van der Waals surface area contributed by atoms with Crippen LogP contribution in [0.5, 0.6) is 0 Å². The van der Waals surface area contributed by atoms with Crippen molar-refractivity contribution < 1.29 is 27.5 Å². The summed E-state index contributed by atoms with van der Waals surface area (Å²) in [4.78, 5) is 29.8. The monoisotopic (exact) mass is 425 g/mol. The lowest BCUT2D eigenvalue weighted by molar-refractivity contribution is -0.137. The number of carbonyl (C=O) groups excluding carboxylic acids is 2. The number of nitrogens with one attached hydrogen (secondary N) is 1. The molecule has 3 heterocycles. The van der Waals surface area contributed by atoms with Crippen molar-refractivity contribution >= 4 is 12.0 Å². The van der Waals surface area contributed by atoms with E-state index in [1.54, 1.807) is 18.7 Å². The van der Waals surface area contributed by atoms with Crippen LogP contribution in [0.4, 0.5) is 18.0 Å². The molecule has 2 amide bonds. The van der Waals surface area contributed by atoms with Crippen LogP contribution in [0.2, 0.25) is 0 Å². The van der Waals surface area contributed by atoms with Gasteiger partial charge in [0.15, 0.2) is 5.82 Å². The molecule has 1 aliphatic rings. The smallest absolute Gasteiger partial charge is 0.417 e. The Morgan fingerprint density at radius 2 is 1.93 bits per heavy atom. The van der Waals surface area contributed by atoms with Gasteiger partial charge in [-0.3, -0.25) is 4.79 Å². The van der Waals surface area contributed by atoms with E-state index in [4.69, 9.17) is 4.74 Å². The quantitative estimate of drug-likeness (QED) is 0.814. The van der Waals surface area contributed by atoms with Crippen molar-refractivity contribution in [2.24, 2.45) is 0 Å². The van der Waals surface area contributed by atoms with Crippen molar-refractivity contribution in [3.05, 3.63) is 41.3 Å². The molecule has 1 N–H and O–H groups in total. The largest absolute Gasteiger partial charge is 0.450 e. The van der Waals surface area contributed by atoms with Gasteiger partial charge in [-0.1, -0.05) is 0 Å². The topological polar surface area (TPSA) is 89.4 Å². The number of carbonyl (C=O) groups is 2. The molecule has 1 aliphatic heterocycles. The summed E-state index contributed by atoms with van der Waals surface area (Å²) in [6.07, 6.45) is -1.55. The number of piperidine rings is 1. The van der Waals surface area contributed by atoms with Gasteiger partial charge in [0.05, 0.1) is 29.6 Å². The third-order valence-corrected chi connectivity index (χ3v) is 4.90. The van der Waals surface area contributed by atoms with E-state index in [0.29, 0.717) is 43.8 Å². The number of rotatable bonds is 4. The number of amides is 2. The number of ether oxygens (including phenoxy) is 1. The van der Waals surface area contributed by atoms with Crippen molar-refractivity contribution in [3.63, 3.8) is 0 Å². The Balaban J connectivity index is 1.63. The van der Waals surface area contributed by atoms with Crippen molar-refractivity contribution in [3.8, 4) is 5.82 Å². The van der Waals surface area contributed by atoms with Gasteiger partial charge in [0, 0.05) is 25.3 Å². The van der Waals surface area contributed by atoms with Crippen molar-refractivity contribution in [1.29, 1.82) is 0 Å². The zero-order chi connectivity index (χ0) is 21.9. The van der Waals surface area contributed by atoms with Crippen LogP contribution in [-0.2, 0) is 10.9 Å².